The van der Waals surface area contributed by atoms with Crippen LogP contribution in [-0.4, -0.2) is 19.0 Å². The minimum absolute atomic E-state index is 0.380. The Balaban J connectivity index is 2.06. The standard InChI is InChI=1S/C17H17NO3/c1-12(17(20)21-2)16(19)18-15-10-8-14(9-11-15)13-6-4-3-5-7-13/h3-12H,1-2H3,(H,18,19). The van der Waals surface area contributed by atoms with E-state index in [-0.39, 0.29) is 5.91 Å². The molecule has 108 valence electrons. The van der Waals surface area contributed by atoms with Crippen LogP contribution >= 0.6 is 0 Å². The summed E-state index contributed by atoms with van der Waals surface area (Å²) in [5.41, 5.74) is 2.82. The van der Waals surface area contributed by atoms with E-state index < -0.39 is 11.9 Å². The van der Waals surface area contributed by atoms with E-state index in [0.717, 1.165) is 11.1 Å². The molecule has 0 radical (unpaired) electrons. The molecule has 0 spiro atoms. The molecule has 21 heavy (non-hydrogen) atoms. The molecule has 1 unspecified atom stereocenters. The third-order valence-electron chi connectivity index (χ3n) is 3.21. The van der Waals surface area contributed by atoms with Crippen LogP contribution in [0.15, 0.2) is 54.6 Å². The second-order valence-corrected chi connectivity index (χ2v) is 4.68. The number of anilines is 1. The van der Waals surface area contributed by atoms with Crippen LogP contribution in [0.2, 0.25) is 0 Å². The summed E-state index contributed by atoms with van der Waals surface area (Å²) in [7, 11) is 1.26. The summed E-state index contributed by atoms with van der Waals surface area (Å²) < 4.78 is 4.55. The van der Waals surface area contributed by atoms with Crippen molar-refractivity contribution in [3.8, 4) is 11.1 Å². The molecule has 2 aromatic carbocycles. The fraction of sp³-hybridized carbons (Fsp3) is 0.176. The van der Waals surface area contributed by atoms with Gasteiger partial charge in [0.1, 0.15) is 5.92 Å². The highest BCUT2D eigenvalue weighted by atomic mass is 16.5. The van der Waals surface area contributed by atoms with Crippen molar-refractivity contribution in [2.75, 3.05) is 12.4 Å². The highest BCUT2D eigenvalue weighted by Crippen LogP contribution is 2.21. The van der Waals surface area contributed by atoms with Gasteiger partial charge < -0.3 is 10.1 Å². The molecule has 1 amide bonds. The molecule has 0 saturated heterocycles. The number of benzene rings is 2. The molecule has 0 saturated carbocycles. The largest absolute Gasteiger partial charge is 0.468 e. The first-order valence-electron chi connectivity index (χ1n) is 6.66. The lowest BCUT2D eigenvalue weighted by molar-refractivity contribution is -0.147. The van der Waals surface area contributed by atoms with Gasteiger partial charge in [-0.05, 0) is 30.2 Å². The predicted molar refractivity (Wildman–Crippen MR) is 81.7 cm³/mol. The van der Waals surface area contributed by atoms with E-state index in [2.05, 4.69) is 10.1 Å². The quantitative estimate of drug-likeness (QED) is 0.693. The van der Waals surface area contributed by atoms with Gasteiger partial charge in [0.2, 0.25) is 5.91 Å². The number of esters is 1. The molecular formula is C17H17NO3. The zero-order valence-corrected chi connectivity index (χ0v) is 12.0. The monoisotopic (exact) mass is 283 g/mol. The van der Waals surface area contributed by atoms with Gasteiger partial charge in [-0.1, -0.05) is 42.5 Å². The normalized spacial score (nSPS) is 11.5. The maximum absolute atomic E-state index is 11.9. The predicted octanol–water partition coefficient (Wildman–Crippen LogP) is 3.10. The molecule has 0 aliphatic rings. The lowest BCUT2D eigenvalue weighted by atomic mass is 10.1. The number of hydrogen-bond donors (Lipinski definition) is 1. The first-order valence-corrected chi connectivity index (χ1v) is 6.66. The molecule has 0 fully saturated rings. The smallest absolute Gasteiger partial charge is 0.317 e. The molecule has 2 rings (SSSR count). The second-order valence-electron chi connectivity index (χ2n) is 4.68. The molecule has 0 aliphatic heterocycles. The van der Waals surface area contributed by atoms with E-state index in [1.807, 2.05) is 54.6 Å². The van der Waals surface area contributed by atoms with Gasteiger partial charge in [0.25, 0.3) is 0 Å². The number of methoxy groups -OCH3 is 1. The van der Waals surface area contributed by atoms with Crippen LogP contribution in [0.4, 0.5) is 5.69 Å². The Bertz CT molecular complexity index is 620. The number of nitrogens with one attached hydrogen (secondary N) is 1. The Morgan fingerprint density at radius 1 is 0.952 bits per heavy atom. The van der Waals surface area contributed by atoms with E-state index in [4.69, 9.17) is 0 Å². The average Bonchev–Trinajstić information content (AvgIpc) is 2.54. The minimum atomic E-state index is -0.830. The van der Waals surface area contributed by atoms with Crippen LogP contribution in [0.1, 0.15) is 6.92 Å². The van der Waals surface area contributed by atoms with Gasteiger partial charge in [-0.25, -0.2) is 0 Å². The van der Waals surface area contributed by atoms with Crippen molar-refractivity contribution in [1.82, 2.24) is 0 Å². The van der Waals surface area contributed by atoms with E-state index in [1.54, 1.807) is 0 Å². The van der Waals surface area contributed by atoms with E-state index in [0.29, 0.717) is 5.69 Å². The Hall–Kier alpha value is -2.62. The third-order valence-corrected chi connectivity index (χ3v) is 3.21. The van der Waals surface area contributed by atoms with E-state index in [1.165, 1.54) is 14.0 Å². The summed E-state index contributed by atoms with van der Waals surface area (Å²) in [6, 6.07) is 17.4. The molecule has 2 aromatic rings. The average molecular weight is 283 g/mol. The SMILES string of the molecule is COC(=O)C(C)C(=O)Nc1ccc(-c2ccccc2)cc1. The fourth-order valence-corrected chi connectivity index (χ4v) is 1.91. The number of ether oxygens (including phenoxy) is 1. The zero-order valence-electron chi connectivity index (χ0n) is 12.0. The highest BCUT2D eigenvalue weighted by molar-refractivity contribution is 6.04. The summed E-state index contributed by atoms with van der Waals surface area (Å²) in [5.74, 6) is -1.76. The van der Waals surface area contributed by atoms with E-state index >= 15 is 0 Å². The topological polar surface area (TPSA) is 55.4 Å². The Kier molecular flexibility index (Phi) is 4.72. The summed E-state index contributed by atoms with van der Waals surface area (Å²) in [4.78, 5) is 23.2. The summed E-state index contributed by atoms with van der Waals surface area (Å²) >= 11 is 0. The van der Waals surface area contributed by atoms with Crippen molar-refractivity contribution < 1.29 is 14.3 Å². The van der Waals surface area contributed by atoms with Gasteiger partial charge in [0.15, 0.2) is 0 Å². The summed E-state index contributed by atoms with van der Waals surface area (Å²) in [5, 5.41) is 2.70. The third kappa shape index (κ3) is 3.69. The number of carbonyl (C=O) groups is 2. The van der Waals surface area contributed by atoms with Gasteiger partial charge in [-0.15, -0.1) is 0 Å². The minimum Gasteiger partial charge on any atom is -0.468 e. The molecule has 0 aliphatic carbocycles. The zero-order chi connectivity index (χ0) is 15.2. The van der Waals surface area contributed by atoms with Crippen LogP contribution < -0.4 is 5.32 Å². The lowest BCUT2D eigenvalue weighted by Crippen LogP contribution is -2.28. The van der Waals surface area contributed by atoms with Crippen LogP contribution in [-0.2, 0) is 14.3 Å². The Morgan fingerprint density at radius 3 is 2.10 bits per heavy atom. The molecule has 0 bridgehead atoms. The molecule has 4 heteroatoms. The van der Waals surface area contributed by atoms with Crippen molar-refractivity contribution in [3.05, 3.63) is 54.6 Å². The number of hydrogen-bond acceptors (Lipinski definition) is 3. The Labute approximate surface area is 123 Å². The molecular weight excluding hydrogens is 266 g/mol. The molecule has 1 N–H and O–H groups in total. The number of carbonyl (C=O) groups excluding carboxylic acids is 2. The molecule has 0 heterocycles. The van der Waals surface area contributed by atoms with Gasteiger partial charge in [-0.2, -0.15) is 0 Å². The molecule has 4 nitrogen and oxygen atoms in total. The lowest BCUT2D eigenvalue weighted by Gasteiger charge is -2.10. The maximum atomic E-state index is 11.9. The molecule has 1 atom stereocenters. The molecule has 0 aromatic heterocycles. The Morgan fingerprint density at radius 2 is 1.52 bits per heavy atom. The van der Waals surface area contributed by atoms with Crippen LogP contribution in [0, 0.1) is 5.92 Å². The summed E-state index contributed by atoms with van der Waals surface area (Å²) in [6.45, 7) is 1.51. The number of rotatable bonds is 4. The summed E-state index contributed by atoms with van der Waals surface area (Å²) in [6.07, 6.45) is 0. The van der Waals surface area contributed by atoms with Crippen molar-refractivity contribution in [1.29, 1.82) is 0 Å². The van der Waals surface area contributed by atoms with Crippen molar-refractivity contribution in [3.63, 3.8) is 0 Å². The van der Waals surface area contributed by atoms with Gasteiger partial charge >= 0.3 is 5.97 Å². The first-order chi connectivity index (χ1) is 10.1. The van der Waals surface area contributed by atoms with Crippen molar-refractivity contribution >= 4 is 17.6 Å². The number of amides is 1. The van der Waals surface area contributed by atoms with E-state index in [9.17, 15) is 9.59 Å². The first kappa shape index (κ1) is 14.8. The van der Waals surface area contributed by atoms with Crippen LogP contribution in [0.3, 0.4) is 0 Å². The fourth-order valence-electron chi connectivity index (χ4n) is 1.91. The van der Waals surface area contributed by atoms with Crippen molar-refractivity contribution in [2.24, 2.45) is 5.92 Å². The van der Waals surface area contributed by atoms with Gasteiger partial charge in [0.05, 0.1) is 7.11 Å². The van der Waals surface area contributed by atoms with Crippen molar-refractivity contribution in [2.45, 2.75) is 6.92 Å². The van der Waals surface area contributed by atoms with Gasteiger partial charge in [-0.3, -0.25) is 9.59 Å². The maximum Gasteiger partial charge on any atom is 0.317 e. The highest BCUT2D eigenvalue weighted by Gasteiger charge is 2.21. The van der Waals surface area contributed by atoms with Crippen LogP contribution in [0.5, 0.6) is 0 Å². The second kappa shape index (κ2) is 6.70. The van der Waals surface area contributed by atoms with Gasteiger partial charge in [0, 0.05) is 5.69 Å². The van der Waals surface area contributed by atoms with Crippen LogP contribution in [0.25, 0.3) is 11.1 Å².